The van der Waals surface area contributed by atoms with Gasteiger partial charge in [0.1, 0.15) is 12.4 Å². The van der Waals surface area contributed by atoms with Gasteiger partial charge in [0, 0.05) is 14.9 Å². The van der Waals surface area contributed by atoms with E-state index in [4.69, 9.17) is 9.26 Å². The quantitative estimate of drug-likeness (QED) is 0.403. The number of thioether (sulfide) groups is 1. The molecule has 0 aliphatic heterocycles. The molecule has 0 aliphatic rings. The number of esters is 1. The van der Waals surface area contributed by atoms with Crippen molar-refractivity contribution < 1.29 is 18.4 Å². The summed E-state index contributed by atoms with van der Waals surface area (Å²) in [7, 11) is 0. The number of nitrogens with zero attached hydrogens (tertiary/aromatic N) is 2. The molecular weight excluding hydrogens is 423 g/mol. The van der Waals surface area contributed by atoms with Crippen LogP contribution >= 0.6 is 27.7 Å². The molecule has 26 heavy (non-hydrogen) atoms. The maximum absolute atomic E-state index is 13.1. The number of aromatic nitrogens is 2. The maximum Gasteiger partial charge on any atom is 0.339 e. The van der Waals surface area contributed by atoms with Crippen LogP contribution in [0.2, 0.25) is 0 Å². The van der Waals surface area contributed by atoms with Gasteiger partial charge in [0.15, 0.2) is 5.82 Å². The molecule has 0 spiro atoms. The van der Waals surface area contributed by atoms with Crippen molar-refractivity contribution in [3.05, 3.63) is 75.6 Å². The number of hydrogen-bond donors (Lipinski definition) is 0. The summed E-state index contributed by atoms with van der Waals surface area (Å²) in [6.07, 6.45) is 0. The Morgan fingerprint density at radius 3 is 2.85 bits per heavy atom. The largest absolute Gasteiger partial charge is 0.457 e. The zero-order chi connectivity index (χ0) is 18.5. The lowest BCUT2D eigenvalue weighted by Crippen LogP contribution is -2.07. The number of carbonyl (C=O) groups is 1. The van der Waals surface area contributed by atoms with Crippen LogP contribution in [0.1, 0.15) is 27.6 Å². The molecule has 0 unspecified atom stereocenters. The summed E-state index contributed by atoms with van der Waals surface area (Å²) in [5, 5.41) is 3.74. The Morgan fingerprint density at radius 2 is 2.12 bits per heavy atom. The van der Waals surface area contributed by atoms with Gasteiger partial charge in [-0.25, -0.2) is 9.18 Å². The van der Waals surface area contributed by atoms with Crippen LogP contribution in [-0.4, -0.2) is 16.1 Å². The highest BCUT2D eigenvalue weighted by Crippen LogP contribution is 2.27. The number of aryl methyl sites for hydroxylation is 1. The van der Waals surface area contributed by atoms with Crippen molar-refractivity contribution in [1.29, 1.82) is 0 Å². The monoisotopic (exact) mass is 436 g/mol. The van der Waals surface area contributed by atoms with Crippen molar-refractivity contribution in [3.63, 3.8) is 0 Å². The lowest BCUT2D eigenvalue weighted by Gasteiger charge is -2.10. The van der Waals surface area contributed by atoms with Crippen LogP contribution in [0.3, 0.4) is 0 Å². The van der Waals surface area contributed by atoms with E-state index >= 15 is 0 Å². The molecule has 0 N–H and O–H groups in total. The zero-order valence-corrected chi connectivity index (χ0v) is 16.1. The van der Waals surface area contributed by atoms with E-state index in [1.807, 2.05) is 12.1 Å². The first-order valence-electron chi connectivity index (χ1n) is 7.65. The minimum absolute atomic E-state index is 0.0432. The van der Waals surface area contributed by atoms with Gasteiger partial charge in [0.25, 0.3) is 0 Å². The molecule has 2 aromatic carbocycles. The van der Waals surface area contributed by atoms with Gasteiger partial charge < -0.3 is 9.26 Å². The van der Waals surface area contributed by atoms with Crippen LogP contribution < -0.4 is 0 Å². The van der Waals surface area contributed by atoms with Crippen molar-refractivity contribution in [2.24, 2.45) is 0 Å². The highest BCUT2D eigenvalue weighted by atomic mass is 79.9. The van der Waals surface area contributed by atoms with E-state index < -0.39 is 5.97 Å². The number of halogens is 2. The molecule has 0 fully saturated rings. The summed E-state index contributed by atoms with van der Waals surface area (Å²) in [6.45, 7) is 1.79. The molecular formula is C18H14BrFN2O3S. The minimum Gasteiger partial charge on any atom is -0.457 e. The van der Waals surface area contributed by atoms with E-state index in [2.05, 4.69) is 26.1 Å². The van der Waals surface area contributed by atoms with Gasteiger partial charge in [-0.1, -0.05) is 39.3 Å². The van der Waals surface area contributed by atoms with Crippen molar-refractivity contribution in [1.82, 2.24) is 10.1 Å². The Balaban J connectivity index is 1.67. The van der Waals surface area contributed by atoms with Crippen LogP contribution in [0, 0.1) is 12.7 Å². The van der Waals surface area contributed by atoms with Gasteiger partial charge in [0.05, 0.1) is 11.3 Å². The summed E-state index contributed by atoms with van der Waals surface area (Å²) in [5.41, 5.74) is 1.14. The van der Waals surface area contributed by atoms with E-state index in [9.17, 15) is 9.18 Å². The predicted octanol–water partition coefficient (Wildman–Crippen LogP) is 4.93. The number of rotatable bonds is 6. The third kappa shape index (κ3) is 4.70. The molecule has 8 heteroatoms. The van der Waals surface area contributed by atoms with Gasteiger partial charge in [-0.2, -0.15) is 4.98 Å². The first-order chi connectivity index (χ1) is 12.5. The van der Waals surface area contributed by atoms with Crippen LogP contribution in [0.15, 0.2) is 56.4 Å². The summed E-state index contributed by atoms with van der Waals surface area (Å²) in [4.78, 5) is 17.4. The molecule has 5 nitrogen and oxygen atoms in total. The fourth-order valence-electron chi connectivity index (χ4n) is 2.16. The van der Waals surface area contributed by atoms with E-state index in [1.165, 1.54) is 23.9 Å². The summed E-state index contributed by atoms with van der Waals surface area (Å²) >= 11 is 4.67. The third-order valence-electron chi connectivity index (χ3n) is 3.40. The van der Waals surface area contributed by atoms with Crippen LogP contribution in [-0.2, 0) is 17.1 Å². The standard InChI is InChI=1S/C18H14BrFN2O3S/c1-11-21-17(25-22-11)10-26-16-5-3-2-4-14(16)18(23)24-9-12-6-7-13(20)8-15(12)19/h2-8H,9-10H2,1H3. The SMILES string of the molecule is Cc1noc(CSc2ccccc2C(=O)OCc2ccc(F)cc2Br)n1. The van der Waals surface area contributed by atoms with Gasteiger partial charge in [-0.15, -0.1) is 11.8 Å². The number of carbonyl (C=O) groups excluding carboxylic acids is 1. The highest BCUT2D eigenvalue weighted by Gasteiger charge is 2.15. The maximum atomic E-state index is 13.1. The Bertz CT molecular complexity index is 932. The smallest absolute Gasteiger partial charge is 0.339 e. The first kappa shape index (κ1) is 18.6. The van der Waals surface area contributed by atoms with Crippen LogP contribution in [0.4, 0.5) is 4.39 Å². The molecule has 0 aliphatic carbocycles. The normalized spacial score (nSPS) is 10.7. The van der Waals surface area contributed by atoms with Gasteiger partial charge in [-0.05, 0) is 31.2 Å². The molecule has 0 amide bonds. The molecule has 0 saturated carbocycles. The van der Waals surface area contributed by atoms with Crippen molar-refractivity contribution in [2.75, 3.05) is 0 Å². The first-order valence-corrected chi connectivity index (χ1v) is 9.43. The Morgan fingerprint density at radius 1 is 1.31 bits per heavy atom. The summed E-state index contributed by atoms with van der Waals surface area (Å²) in [6, 6.07) is 11.4. The second-order valence-corrected chi connectivity index (χ2v) is 7.20. The van der Waals surface area contributed by atoms with Gasteiger partial charge in [-0.3, -0.25) is 0 Å². The van der Waals surface area contributed by atoms with E-state index in [-0.39, 0.29) is 12.4 Å². The average molecular weight is 437 g/mol. The topological polar surface area (TPSA) is 65.2 Å². The second-order valence-electron chi connectivity index (χ2n) is 5.33. The van der Waals surface area contributed by atoms with Crippen molar-refractivity contribution in [3.8, 4) is 0 Å². The number of benzene rings is 2. The molecule has 0 atom stereocenters. The Labute approximate surface area is 162 Å². The molecule has 3 aromatic rings. The summed E-state index contributed by atoms with van der Waals surface area (Å²) in [5.74, 6) is 0.703. The van der Waals surface area contributed by atoms with Crippen molar-refractivity contribution >= 4 is 33.7 Å². The predicted molar refractivity (Wildman–Crippen MR) is 98.3 cm³/mol. The molecule has 134 valence electrons. The minimum atomic E-state index is -0.453. The lowest BCUT2D eigenvalue weighted by molar-refractivity contribution is 0.0468. The van der Waals surface area contributed by atoms with E-state index in [0.29, 0.717) is 33.1 Å². The molecule has 0 bridgehead atoms. The fourth-order valence-corrected chi connectivity index (χ4v) is 3.50. The molecule has 0 saturated heterocycles. The fraction of sp³-hybridized carbons (Fsp3) is 0.167. The van der Waals surface area contributed by atoms with Gasteiger partial charge >= 0.3 is 5.97 Å². The van der Waals surface area contributed by atoms with E-state index in [1.54, 1.807) is 25.1 Å². The molecule has 1 aromatic heterocycles. The van der Waals surface area contributed by atoms with E-state index in [0.717, 1.165) is 4.90 Å². The Kier molecular flexibility index (Phi) is 6.05. The zero-order valence-electron chi connectivity index (χ0n) is 13.7. The van der Waals surface area contributed by atoms with Gasteiger partial charge in [0.2, 0.25) is 5.89 Å². The lowest BCUT2D eigenvalue weighted by atomic mass is 10.2. The third-order valence-corrected chi connectivity index (χ3v) is 5.20. The van der Waals surface area contributed by atoms with Crippen LogP contribution in [0.5, 0.6) is 0 Å². The highest BCUT2D eigenvalue weighted by molar-refractivity contribution is 9.10. The number of ether oxygens (including phenoxy) is 1. The average Bonchev–Trinajstić information content (AvgIpc) is 3.04. The molecule has 1 heterocycles. The summed E-state index contributed by atoms with van der Waals surface area (Å²) < 4.78 is 24.1. The second kappa shape index (κ2) is 8.46. The molecule has 0 radical (unpaired) electrons. The van der Waals surface area contributed by atoms with Crippen LogP contribution in [0.25, 0.3) is 0 Å². The molecule has 3 rings (SSSR count). The Hall–Kier alpha value is -2.19. The van der Waals surface area contributed by atoms with Crippen molar-refractivity contribution in [2.45, 2.75) is 24.2 Å². The number of hydrogen-bond acceptors (Lipinski definition) is 6.